The van der Waals surface area contributed by atoms with E-state index in [9.17, 15) is 13.2 Å². The minimum Gasteiger partial charge on any atom is -0.336 e. The smallest absolute Gasteiger partial charge is 0.253 e. The Bertz CT molecular complexity index is 725. The van der Waals surface area contributed by atoms with Gasteiger partial charge in [0.25, 0.3) is 5.91 Å². The van der Waals surface area contributed by atoms with Gasteiger partial charge in [-0.25, -0.2) is 8.42 Å². The summed E-state index contributed by atoms with van der Waals surface area (Å²) in [5.74, 6) is 0.230. The Morgan fingerprint density at radius 1 is 1.04 bits per heavy atom. The summed E-state index contributed by atoms with van der Waals surface area (Å²) < 4.78 is 26.1. The number of likely N-dealkylation sites (N-methyl/N-ethyl adjacent to an activating group) is 1. The molecule has 0 unspecified atom stereocenters. The molecule has 0 aromatic heterocycles. The standard InChI is InChI=1S/C17H25N3O3S/c1-14-13-15(17(21)19-10-8-18(2)9-11-19)5-6-16(14)20-7-3-4-12-24(20,22)23/h5-6,13H,3-4,7-12H2,1-2H3. The lowest BCUT2D eigenvalue weighted by atomic mass is 10.1. The van der Waals surface area contributed by atoms with Crippen LogP contribution in [-0.4, -0.2) is 69.6 Å². The van der Waals surface area contributed by atoms with Gasteiger partial charge in [-0.15, -0.1) is 0 Å². The third kappa shape index (κ3) is 3.42. The Kier molecular flexibility index (Phi) is 4.83. The highest BCUT2D eigenvalue weighted by Gasteiger charge is 2.28. The normalized spacial score (nSPS) is 21.8. The molecule has 0 radical (unpaired) electrons. The third-order valence-electron chi connectivity index (χ3n) is 4.85. The maximum absolute atomic E-state index is 12.6. The molecular formula is C17H25N3O3S. The molecule has 0 bridgehead atoms. The molecule has 2 aliphatic rings. The SMILES string of the molecule is Cc1cc(C(=O)N2CCN(C)CC2)ccc1N1CCCCS1(=O)=O. The second kappa shape index (κ2) is 6.72. The van der Waals surface area contributed by atoms with Crippen LogP contribution in [0.3, 0.4) is 0 Å². The zero-order valence-electron chi connectivity index (χ0n) is 14.4. The lowest BCUT2D eigenvalue weighted by Gasteiger charge is -2.33. The molecule has 3 rings (SSSR count). The molecule has 2 fully saturated rings. The fourth-order valence-corrected chi connectivity index (χ4v) is 5.02. The number of hydrogen-bond acceptors (Lipinski definition) is 4. The van der Waals surface area contributed by atoms with Crippen molar-refractivity contribution in [3.05, 3.63) is 29.3 Å². The van der Waals surface area contributed by atoms with E-state index in [-0.39, 0.29) is 11.7 Å². The maximum Gasteiger partial charge on any atom is 0.253 e. The Hall–Kier alpha value is -1.60. The molecule has 24 heavy (non-hydrogen) atoms. The van der Waals surface area contributed by atoms with E-state index in [0.717, 1.165) is 44.6 Å². The summed E-state index contributed by atoms with van der Waals surface area (Å²) in [4.78, 5) is 16.7. The predicted octanol–water partition coefficient (Wildman–Crippen LogP) is 1.31. The van der Waals surface area contributed by atoms with Crippen LogP contribution in [-0.2, 0) is 10.0 Å². The van der Waals surface area contributed by atoms with Gasteiger partial charge in [-0.2, -0.15) is 0 Å². The summed E-state index contributed by atoms with van der Waals surface area (Å²) in [7, 11) is -1.17. The number of carbonyl (C=O) groups is 1. The number of aryl methyl sites for hydroxylation is 1. The van der Waals surface area contributed by atoms with Gasteiger partial charge in [-0.1, -0.05) is 0 Å². The van der Waals surface area contributed by atoms with E-state index in [1.165, 1.54) is 4.31 Å². The molecule has 2 aliphatic heterocycles. The topological polar surface area (TPSA) is 60.9 Å². The van der Waals surface area contributed by atoms with Crippen LogP contribution < -0.4 is 4.31 Å². The first-order valence-electron chi connectivity index (χ1n) is 8.47. The van der Waals surface area contributed by atoms with Crippen LogP contribution in [0.4, 0.5) is 5.69 Å². The van der Waals surface area contributed by atoms with Crippen LogP contribution >= 0.6 is 0 Å². The van der Waals surface area contributed by atoms with Gasteiger partial charge in [0.05, 0.1) is 11.4 Å². The zero-order chi connectivity index (χ0) is 17.3. The van der Waals surface area contributed by atoms with Crippen molar-refractivity contribution in [2.75, 3.05) is 49.8 Å². The Labute approximate surface area is 144 Å². The molecule has 0 spiro atoms. The Morgan fingerprint density at radius 2 is 1.75 bits per heavy atom. The van der Waals surface area contributed by atoms with Gasteiger partial charge in [-0.3, -0.25) is 9.10 Å². The summed E-state index contributed by atoms with van der Waals surface area (Å²) in [5, 5.41) is 0. The first kappa shape index (κ1) is 17.2. The molecule has 0 aliphatic carbocycles. The third-order valence-corrected chi connectivity index (χ3v) is 6.71. The highest BCUT2D eigenvalue weighted by molar-refractivity contribution is 7.92. The van der Waals surface area contributed by atoms with Crippen LogP contribution in [0.5, 0.6) is 0 Å². The fraction of sp³-hybridized carbons (Fsp3) is 0.588. The first-order chi connectivity index (χ1) is 11.4. The second-order valence-electron chi connectivity index (χ2n) is 6.69. The molecule has 1 amide bonds. The minimum atomic E-state index is -3.23. The predicted molar refractivity (Wildman–Crippen MR) is 94.9 cm³/mol. The largest absolute Gasteiger partial charge is 0.336 e. The number of sulfonamides is 1. The molecule has 132 valence electrons. The molecule has 0 saturated carbocycles. The molecule has 0 atom stereocenters. The van der Waals surface area contributed by atoms with Crippen molar-refractivity contribution in [3.8, 4) is 0 Å². The summed E-state index contributed by atoms with van der Waals surface area (Å²) in [5.41, 5.74) is 2.17. The minimum absolute atomic E-state index is 0.0271. The monoisotopic (exact) mass is 351 g/mol. The quantitative estimate of drug-likeness (QED) is 0.806. The molecule has 6 nitrogen and oxygen atoms in total. The average molecular weight is 351 g/mol. The summed E-state index contributed by atoms with van der Waals surface area (Å²) in [6, 6.07) is 5.36. The van der Waals surface area contributed by atoms with Crippen LogP contribution in [0, 0.1) is 6.92 Å². The van der Waals surface area contributed by atoms with Crippen LogP contribution in [0.1, 0.15) is 28.8 Å². The van der Waals surface area contributed by atoms with E-state index in [2.05, 4.69) is 11.9 Å². The fourth-order valence-electron chi connectivity index (χ4n) is 3.32. The Morgan fingerprint density at radius 3 is 2.38 bits per heavy atom. The molecule has 2 heterocycles. The maximum atomic E-state index is 12.6. The lowest BCUT2D eigenvalue weighted by molar-refractivity contribution is 0.0664. The van der Waals surface area contributed by atoms with Gasteiger partial charge in [-0.05, 0) is 50.6 Å². The van der Waals surface area contributed by atoms with E-state index in [1.807, 2.05) is 17.9 Å². The van der Waals surface area contributed by atoms with Crippen LogP contribution in [0.2, 0.25) is 0 Å². The highest BCUT2D eigenvalue weighted by Crippen LogP contribution is 2.28. The van der Waals surface area contributed by atoms with E-state index in [0.29, 0.717) is 17.8 Å². The second-order valence-corrected chi connectivity index (χ2v) is 8.70. The van der Waals surface area contributed by atoms with Gasteiger partial charge in [0, 0.05) is 38.3 Å². The van der Waals surface area contributed by atoms with Crippen LogP contribution in [0.15, 0.2) is 18.2 Å². The van der Waals surface area contributed by atoms with E-state index in [4.69, 9.17) is 0 Å². The Balaban J connectivity index is 1.81. The van der Waals surface area contributed by atoms with Crippen molar-refractivity contribution in [2.24, 2.45) is 0 Å². The van der Waals surface area contributed by atoms with Crippen molar-refractivity contribution in [2.45, 2.75) is 19.8 Å². The number of hydrogen-bond donors (Lipinski definition) is 0. The van der Waals surface area contributed by atoms with Gasteiger partial charge < -0.3 is 9.80 Å². The van der Waals surface area contributed by atoms with Crippen molar-refractivity contribution in [3.63, 3.8) is 0 Å². The van der Waals surface area contributed by atoms with Crippen molar-refractivity contribution >= 4 is 21.6 Å². The molecule has 1 aromatic carbocycles. The van der Waals surface area contributed by atoms with Crippen molar-refractivity contribution < 1.29 is 13.2 Å². The number of amides is 1. The zero-order valence-corrected chi connectivity index (χ0v) is 15.2. The van der Waals surface area contributed by atoms with E-state index < -0.39 is 10.0 Å². The van der Waals surface area contributed by atoms with Crippen molar-refractivity contribution in [1.82, 2.24) is 9.80 Å². The van der Waals surface area contributed by atoms with E-state index in [1.54, 1.807) is 12.1 Å². The molecule has 2 saturated heterocycles. The molecule has 1 aromatic rings. The van der Waals surface area contributed by atoms with Gasteiger partial charge in [0.15, 0.2) is 0 Å². The average Bonchev–Trinajstić information content (AvgIpc) is 2.55. The van der Waals surface area contributed by atoms with E-state index >= 15 is 0 Å². The van der Waals surface area contributed by atoms with Crippen molar-refractivity contribution in [1.29, 1.82) is 0 Å². The summed E-state index contributed by atoms with van der Waals surface area (Å²) in [6.45, 7) is 5.63. The molecular weight excluding hydrogens is 326 g/mol. The first-order valence-corrected chi connectivity index (χ1v) is 10.1. The number of piperazine rings is 1. The van der Waals surface area contributed by atoms with Gasteiger partial charge in [0.2, 0.25) is 10.0 Å². The van der Waals surface area contributed by atoms with Gasteiger partial charge in [0.1, 0.15) is 0 Å². The van der Waals surface area contributed by atoms with Crippen LogP contribution in [0.25, 0.3) is 0 Å². The number of rotatable bonds is 2. The lowest BCUT2D eigenvalue weighted by Crippen LogP contribution is -2.47. The molecule has 0 N–H and O–H groups in total. The highest BCUT2D eigenvalue weighted by atomic mass is 32.2. The number of benzene rings is 1. The number of anilines is 1. The summed E-state index contributed by atoms with van der Waals surface area (Å²) >= 11 is 0. The van der Waals surface area contributed by atoms with Gasteiger partial charge >= 0.3 is 0 Å². The summed E-state index contributed by atoms with van der Waals surface area (Å²) in [6.07, 6.45) is 1.60. The number of carbonyl (C=O) groups excluding carboxylic acids is 1. The molecule has 7 heteroatoms. The number of nitrogens with zero attached hydrogens (tertiary/aromatic N) is 3.